The Labute approximate surface area is 115 Å². The molecule has 4 heteroatoms. The highest BCUT2D eigenvalue weighted by molar-refractivity contribution is 5.99. The predicted molar refractivity (Wildman–Crippen MR) is 78.7 cm³/mol. The number of anilines is 1. The number of nitrogens with one attached hydrogen (secondary N) is 1. The molecule has 0 fully saturated rings. The fourth-order valence-electron chi connectivity index (χ4n) is 1.78. The molecule has 0 radical (unpaired) electrons. The van der Waals surface area contributed by atoms with Gasteiger partial charge in [0.25, 0.3) is 0 Å². The first-order chi connectivity index (χ1) is 9.04. The smallest absolute Gasteiger partial charge is 0.192 e. The van der Waals surface area contributed by atoms with E-state index in [0.717, 1.165) is 25.1 Å². The van der Waals surface area contributed by atoms with E-state index in [1.54, 1.807) is 17.0 Å². The second kappa shape index (κ2) is 7.92. The number of aliphatic hydroxyl groups is 1. The Morgan fingerprint density at radius 1 is 1.32 bits per heavy atom. The molecule has 1 aromatic rings. The van der Waals surface area contributed by atoms with Gasteiger partial charge in [-0.3, -0.25) is 4.79 Å². The average molecular weight is 264 g/mol. The summed E-state index contributed by atoms with van der Waals surface area (Å²) in [6.45, 7) is 3.43. The Balaban J connectivity index is 2.57. The zero-order valence-corrected chi connectivity index (χ0v) is 12.0. The number of carbonyl (C=O) groups is 1. The van der Waals surface area contributed by atoms with Gasteiger partial charge < -0.3 is 15.3 Å². The van der Waals surface area contributed by atoms with Crippen molar-refractivity contribution in [1.29, 1.82) is 0 Å². The van der Waals surface area contributed by atoms with Crippen molar-refractivity contribution in [1.82, 2.24) is 4.90 Å². The molecule has 1 unspecified atom stereocenters. The summed E-state index contributed by atoms with van der Waals surface area (Å²) in [5, 5.41) is 13.1. The van der Waals surface area contributed by atoms with E-state index in [1.807, 2.05) is 26.2 Å². The van der Waals surface area contributed by atoms with Crippen LogP contribution in [-0.2, 0) is 0 Å². The largest absolute Gasteiger partial charge is 0.385 e. The van der Waals surface area contributed by atoms with Crippen LogP contribution < -0.4 is 5.32 Å². The van der Waals surface area contributed by atoms with Crippen LogP contribution >= 0.6 is 0 Å². The first-order valence-corrected chi connectivity index (χ1v) is 6.75. The summed E-state index contributed by atoms with van der Waals surface area (Å²) < 4.78 is 0. The quantitative estimate of drug-likeness (QED) is 0.557. The topological polar surface area (TPSA) is 52.6 Å². The summed E-state index contributed by atoms with van der Waals surface area (Å²) in [6, 6.07) is 7.28. The maximum Gasteiger partial charge on any atom is 0.192 e. The maximum atomic E-state index is 12.0. The Hall–Kier alpha value is -1.39. The summed E-state index contributed by atoms with van der Waals surface area (Å²) in [4.78, 5) is 13.7. The van der Waals surface area contributed by atoms with Crippen LogP contribution in [0.2, 0.25) is 0 Å². The second-order valence-corrected chi connectivity index (χ2v) is 5.00. The number of hydrogen-bond donors (Lipinski definition) is 2. The molecular formula is C15H24N2O2. The van der Waals surface area contributed by atoms with Crippen molar-refractivity contribution in [3.05, 3.63) is 29.8 Å². The van der Waals surface area contributed by atoms with Crippen LogP contribution in [0.15, 0.2) is 24.3 Å². The molecule has 106 valence electrons. The highest BCUT2D eigenvalue weighted by Crippen LogP contribution is 2.12. The maximum absolute atomic E-state index is 12.0. The van der Waals surface area contributed by atoms with Gasteiger partial charge in [-0.25, -0.2) is 0 Å². The third-order valence-electron chi connectivity index (χ3n) is 2.87. The average Bonchev–Trinajstić information content (AvgIpc) is 2.38. The number of likely N-dealkylation sites (N-methyl/N-ethyl adjacent to an activating group) is 1. The fraction of sp³-hybridized carbons (Fsp3) is 0.533. The number of aliphatic hydroxyl groups excluding tert-OH is 1. The van der Waals surface area contributed by atoms with Crippen molar-refractivity contribution in [2.75, 3.05) is 32.5 Å². The van der Waals surface area contributed by atoms with E-state index in [1.165, 1.54) is 0 Å². The molecule has 0 saturated carbocycles. The number of Topliss-reactive ketones (excluding diaryl/α,β-unsaturated/α-hetero) is 1. The number of carbonyl (C=O) groups excluding carboxylic acids is 1. The van der Waals surface area contributed by atoms with Gasteiger partial charge in [-0.1, -0.05) is 13.3 Å². The molecule has 0 bridgehead atoms. The van der Waals surface area contributed by atoms with E-state index in [2.05, 4.69) is 12.2 Å². The molecule has 0 aliphatic carbocycles. The van der Waals surface area contributed by atoms with Crippen molar-refractivity contribution < 1.29 is 9.90 Å². The number of nitrogens with zero attached hydrogens (tertiary/aromatic N) is 1. The lowest BCUT2D eigenvalue weighted by Gasteiger charge is -2.15. The van der Waals surface area contributed by atoms with Crippen LogP contribution in [0.3, 0.4) is 0 Å². The molecule has 4 nitrogen and oxygen atoms in total. The van der Waals surface area contributed by atoms with Gasteiger partial charge in [0, 0.05) is 24.3 Å². The lowest BCUT2D eigenvalue weighted by Crippen LogP contribution is -2.32. The molecule has 0 aliphatic rings. The number of unbranched alkanes of at least 4 members (excludes halogenated alkanes) is 1. The van der Waals surface area contributed by atoms with Crippen LogP contribution in [0, 0.1) is 0 Å². The summed E-state index contributed by atoms with van der Waals surface area (Å²) in [6.07, 6.45) is 1.32. The molecule has 19 heavy (non-hydrogen) atoms. The second-order valence-electron chi connectivity index (χ2n) is 5.00. The van der Waals surface area contributed by atoms with Gasteiger partial charge in [0.1, 0.15) is 6.10 Å². The van der Waals surface area contributed by atoms with Gasteiger partial charge in [-0.2, -0.15) is 0 Å². The molecule has 0 aromatic heterocycles. The third-order valence-corrected chi connectivity index (χ3v) is 2.87. The van der Waals surface area contributed by atoms with E-state index in [9.17, 15) is 9.90 Å². The molecular weight excluding hydrogens is 240 g/mol. The Morgan fingerprint density at radius 3 is 2.47 bits per heavy atom. The van der Waals surface area contributed by atoms with Crippen LogP contribution in [0.25, 0.3) is 0 Å². The van der Waals surface area contributed by atoms with E-state index in [0.29, 0.717) is 12.1 Å². The molecule has 1 rings (SSSR count). The zero-order chi connectivity index (χ0) is 14.3. The van der Waals surface area contributed by atoms with Crippen molar-refractivity contribution in [2.24, 2.45) is 0 Å². The lowest BCUT2D eigenvalue weighted by atomic mass is 10.1. The molecule has 1 atom stereocenters. The molecule has 0 saturated heterocycles. The van der Waals surface area contributed by atoms with Crippen molar-refractivity contribution in [2.45, 2.75) is 25.9 Å². The summed E-state index contributed by atoms with van der Waals surface area (Å²) in [5.41, 5.74) is 1.56. The number of rotatable bonds is 8. The van der Waals surface area contributed by atoms with Crippen LogP contribution in [-0.4, -0.2) is 49.1 Å². The standard InChI is InChI=1S/C15H24N2O2/c1-4-5-10-16-13-8-6-12(7-9-13)15(19)14(18)11-17(2)3/h6-9,14,16,18H,4-5,10-11H2,1-3H3. The normalized spacial score (nSPS) is 12.5. The first kappa shape index (κ1) is 15.7. The van der Waals surface area contributed by atoms with E-state index in [-0.39, 0.29) is 5.78 Å². The number of ketones is 1. The molecule has 0 spiro atoms. The molecule has 0 amide bonds. The van der Waals surface area contributed by atoms with Crippen molar-refractivity contribution >= 4 is 11.5 Å². The summed E-state index contributed by atoms with van der Waals surface area (Å²) in [7, 11) is 3.66. The van der Waals surface area contributed by atoms with Crippen LogP contribution in [0.4, 0.5) is 5.69 Å². The van der Waals surface area contributed by atoms with Gasteiger partial charge in [0.2, 0.25) is 0 Å². The van der Waals surface area contributed by atoms with Crippen molar-refractivity contribution in [3.8, 4) is 0 Å². The number of benzene rings is 1. The summed E-state index contributed by atoms with van der Waals surface area (Å²) in [5.74, 6) is -0.228. The third kappa shape index (κ3) is 5.41. The van der Waals surface area contributed by atoms with E-state index >= 15 is 0 Å². The number of hydrogen-bond acceptors (Lipinski definition) is 4. The van der Waals surface area contributed by atoms with Gasteiger partial charge in [-0.15, -0.1) is 0 Å². The van der Waals surface area contributed by atoms with E-state index < -0.39 is 6.10 Å². The minimum atomic E-state index is -0.964. The van der Waals surface area contributed by atoms with E-state index in [4.69, 9.17) is 0 Å². The predicted octanol–water partition coefficient (Wildman–Crippen LogP) is 2.00. The minimum Gasteiger partial charge on any atom is -0.385 e. The van der Waals surface area contributed by atoms with Crippen molar-refractivity contribution in [3.63, 3.8) is 0 Å². The molecule has 2 N–H and O–H groups in total. The monoisotopic (exact) mass is 264 g/mol. The lowest BCUT2D eigenvalue weighted by molar-refractivity contribution is 0.0689. The van der Waals surface area contributed by atoms with Gasteiger partial charge >= 0.3 is 0 Å². The molecule has 0 aliphatic heterocycles. The first-order valence-electron chi connectivity index (χ1n) is 6.75. The molecule has 1 aromatic carbocycles. The van der Waals surface area contributed by atoms with Crippen LogP contribution in [0.5, 0.6) is 0 Å². The SMILES string of the molecule is CCCCNc1ccc(C(=O)C(O)CN(C)C)cc1. The summed E-state index contributed by atoms with van der Waals surface area (Å²) >= 11 is 0. The Morgan fingerprint density at radius 2 is 1.95 bits per heavy atom. The van der Waals surface area contributed by atoms with Gasteiger partial charge in [-0.05, 0) is 44.8 Å². The highest BCUT2D eigenvalue weighted by atomic mass is 16.3. The van der Waals surface area contributed by atoms with Gasteiger partial charge in [0.15, 0.2) is 5.78 Å². The highest BCUT2D eigenvalue weighted by Gasteiger charge is 2.17. The zero-order valence-electron chi connectivity index (χ0n) is 12.0. The molecule has 0 heterocycles. The Kier molecular flexibility index (Phi) is 6.53. The van der Waals surface area contributed by atoms with Crippen LogP contribution in [0.1, 0.15) is 30.1 Å². The Bertz CT molecular complexity index is 388. The van der Waals surface area contributed by atoms with Gasteiger partial charge in [0.05, 0.1) is 0 Å². The minimum absolute atomic E-state index is 0.228. The fourth-order valence-corrected chi connectivity index (χ4v) is 1.78.